The van der Waals surface area contributed by atoms with Crippen molar-refractivity contribution in [1.82, 2.24) is 4.90 Å². The molecular formula is C19H23NO2. The third kappa shape index (κ3) is 2.29. The second-order valence-corrected chi connectivity index (χ2v) is 7.05. The smallest absolute Gasteiger partial charge is 0.254 e. The Hall–Kier alpha value is -1.90. The first kappa shape index (κ1) is 15.0. The zero-order valence-corrected chi connectivity index (χ0v) is 13.7. The summed E-state index contributed by atoms with van der Waals surface area (Å²) in [5.74, 6) is 0.797. The molecule has 116 valence electrons. The van der Waals surface area contributed by atoms with Gasteiger partial charge in [-0.15, -0.1) is 0 Å². The van der Waals surface area contributed by atoms with E-state index in [9.17, 15) is 9.59 Å². The van der Waals surface area contributed by atoms with E-state index in [0.717, 1.165) is 12.0 Å². The predicted octanol–water partition coefficient (Wildman–Crippen LogP) is 3.60. The fourth-order valence-electron chi connectivity index (χ4n) is 3.65. The van der Waals surface area contributed by atoms with Gasteiger partial charge in [0.2, 0.25) is 0 Å². The zero-order chi connectivity index (χ0) is 16.0. The van der Waals surface area contributed by atoms with E-state index in [1.165, 1.54) is 28.2 Å². The highest BCUT2D eigenvalue weighted by Crippen LogP contribution is 2.45. The summed E-state index contributed by atoms with van der Waals surface area (Å²) >= 11 is 0. The van der Waals surface area contributed by atoms with Crippen LogP contribution in [-0.2, 0) is 16.0 Å². The van der Waals surface area contributed by atoms with Gasteiger partial charge >= 0.3 is 0 Å². The molecule has 1 aromatic carbocycles. The third-order valence-electron chi connectivity index (χ3n) is 4.99. The maximum atomic E-state index is 12.2. The van der Waals surface area contributed by atoms with Crippen LogP contribution >= 0.6 is 0 Å². The number of carbonyl (C=O) groups excluding carboxylic acids is 2. The largest absolute Gasteiger partial charge is 0.269 e. The molecule has 0 saturated carbocycles. The van der Waals surface area contributed by atoms with Gasteiger partial charge in [0.25, 0.3) is 11.8 Å². The lowest BCUT2D eigenvalue weighted by Gasteiger charge is -2.31. The molecule has 1 heterocycles. The van der Waals surface area contributed by atoms with Gasteiger partial charge in [-0.2, -0.15) is 0 Å². The van der Waals surface area contributed by atoms with E-state index in [1.807, 2.05) is 0 Å². The number of fused-ring (bicyclic) bond motifs is 1. The van der Waals surface area contributed by atoms with Crippen molar-refractivity contribution in [3.05, 3.63) is 47.0 Å². The van der Waals surface area contributed by atoms with E-state index in [1.54, 1.807) is 0 Å². The van der Waals surface area contributed by atoms with E-state index in [2.05, 4.69) is 45.9 Å². The number of carbonyl (C=O) groups is 2. The second-order valence-electron chi connectivity index (χ2n) is 7.05. The van der Waals surface area contributed by atoms with Gasteiger partial charge in [0.05, 0.1) is 6.04 Å². The lowest BCUT2D eigenvalue weighted by atomic mass is 9.88. The van der Waals surface area contributed by atoms with Crippen LogP contribution in [0.1, 0.15) is 56.3 Å². The molecule has 22 heavy (non-hydrogen) atoms. The Balaban J connectivity index is 2.08. The quantitative estimate of drug-likeness (QED) is 0.799. The number of nitrogens with zero attached hydrogens (tertiary/aromatic N) is 1. The normalized spacial score (nSPS) is 24.0. The molecule has 1 aliphatic heterocycles. The number of hydrogen-bond donors (Lipinski definition) is 0. The van der Waals surface area contributed by atoms with Gasteiger partial charge in [0, 0.05) is 12.2 Å². The van der Waals surface area contributed by atoms with Crippen LogP contribution in [0.3, 0.4) is 0 Å². The van der Waals surface area contributed by atoms with Crippen molar-refractivity contribution >= 4 is 11.8 Å². The zero-order valence-electron chi connectivity index (χ0n) is 13.7. The average Bonchev–Trinajstić information content (AvgIpc) is 2.98. The second kappa shape index (κ2) is 5.38. The van der Waals surface area contributed by atoms with Crippen LogP contribution in [0.25, 0.3) is 0 Å². The molecule has 2 amide bonds. The van der Waals surface area contributed by atoms with E-state index in [-0.39, 0.29) is 17.9 Å². The number of benzene rings is 1. The van der Waals surface area contributed by atoms with E-state index in [0.29, 0.717) is 17.8 Å². The van der Waals surface area contributed by atoms with Crippen LogP contribution in [0, 0.1) is 11.8 Å². The SMILES string of the molecule is CC(C)c1ccc2c(c1)[C@@H](N1C(=O)C=CC1=O)[C@H](C(C)C)C2. The summed E-state index contributed by atoms with van der Waals surface area (Å²) in [5.41, 5.74) is 3.70. The minimum atomic E-state index is -0.177. The monoisotopic (exact) mass is 297 g/mol. The summed E-state index contributed by atoms with van der Waals surface area (Å²) in [6.45, 7) is 8.68. The maximum Gasteiger partial charge on any atom is 0.254 e. The van der Waals surface area contributed by atoms with Gasteiger partial charge in [-0.3, -0.25) is 14.5 Å². The molecule has 0 spiro atoms. The Morgan fingerprint density at radius 3 is 2.23 bits per heavy atom. The summed E-state index contributed by atoms with van der Waals surface area (Å²) in [6, 6.07) is 6.43. The van der Waals surface area contributed by atoms with Gasteiger partial charge in [-0.05, 0) is 40.9 Å². The summed E-state index contributed by atoms with van der Waals surface area (Å²) in [5, 5.41) is 0. The van der Waals surface area contributed by atoms with E-state index < -0.39 is 0 Å². The molecule has 0 N–H and O–H groups in total. The van der Waals surface area contributed by atoms with Crippen molar-refractivity contribution in [2.75, 3.05) is 0 Å². The van der Waals surface area contributed by atoms with Crippen molar-refractivity contribution in [3.63, 3.8) is 0 Å². The Morgan fingerprint density at radius 1 is 1.05 bits per heavy atom. The number of rotatable bonds is 3. The van der Waals surface area contributed by atoms with Crippen LogP contribution in [-0.4, -0.2) is 16.7 Å². The lowest BCUT2D eigenvalue weighted by Crippen LogP contribution is -2.38. The van der Waals surface area contributed by atoms with Gasteiger partial charge < -0.3 is 0 Å². The number of hydrogen-bond acceptors (Lipinski definition) is 2. The molecule has 0 aromatic heterocycles. The molecular weight excluding hydrogens is 274 g/mol. The standard InChI is InChI=1S/C19H23NO2/c1-11(2)13-5-6-14-10-15(12(3)4)19(16(14)9-13)20-17(21)7-8-18(20)22/h5-9,11-12,15,19H,10H2,1-4H3/t15-,19-/m0/s1. The van der Waals surface area contributed by atoms with Gasteiger partial charge in [-0.25, -0.2) is 0 Å². The molecule has 0 radical (unpaired) electrons. The average molecular weight is 297 g/mol. The van der Waals surface area contributed by atoms with E-state index >= 15 is 0 Å². The summed E-state index contributed by atoms with van der Waals surface area (Å²) in [7, 11) is 0. The Labute approximate surface area is 132 Å². The Morgan fingerprint density at radius 2 is 1.68 bits per heavy atom. The highest BCUT2D eigenvalue weighted by molar-refractivity contribution is 6.13. The Bertz CT molecular complexity index is 639. The minimum Gasteiger partial charge on any atom is -0.269 e. The summed E-state index contributed by atoms with van der Waals surface area (Å²) in [4.78, 5) is 25.8. The first-order chi connectivity index (χ1) is 10.4. The molecule has 3 nitrogen and oxygen atoms in total. The van der Waals surface area contributed by atoms with Crippen LogP contribution in [0.5, 0.6) is 0 Å². The molecule has 1 aromatic rings. The number of imide groups is 1. The molecule has 2 atom stereocenters. The highest BCUT2D eigenvalue weighted by Gasteiger charge is 2.43. The molecule has 3 heteroatoms. The van der Waals surface area contributed by atoms with Crippen molar-refractivity contribution in [2.45, 2.75) is 46.1 Å². The van der Waals surface area contributed by atoms with Crippen LogP contribution < -0.4 is 0 Å². The van der Waals surface area contributed by atoms with Crippen molar-refractivity contribution in [3.8, 4) is 0 Å². The molecule has 0 unspecified atom stereocenters. The van der Waals surface area contributed by atoms with Gasteiger partial charge in [0.1, 0.15) is 0 Å². The summed E-state index contributed by atoms with van der Waals surface area (Å²) in [6.07, 6.45) is 3.72. The third-order valence-corrected chi connectivity index (χ3v) is 4.99. The van der Waals surface area contributed by atoms with E-state index in [4.69, 9.17) is 0 Å². The van der Waals surface area contributed by atoms with Crippen molar-refractivity contribution < 1.29 is 9.59 Å². The molecule has 0 saturated heterocycles. The topological polar surface area (TPSA) is 37.4 Å². The first-order valence-corrected chi connectivity index (χ1v) is 8.08. The molecule has 0 fully saturated rings. The van der Waals surface area contributed by atoms with Crippen molar-refractivity contribution in [2.24, 2.45) is 11.8 Å². The van der Waals surface area contributed by atoms with Gasteiger partial charge in [-0.1, -0.05) is 45.9 Å². The predicted molar refractivity (Wildman–Crippen MR) is 86.3 cm³/mol. The Kier molecular flexibility index (Phi) is 3.67. The fourth-order valence-corrected chi connectivity index (χ4v) is 3.65. The van der Waals surface area contributed by atoms with Crippen LogP contribution in [0.15, 0.2) is 30.4 Å². The van der Waals surface area contributed by atoms with Gasteiger partial charge in [0.15, 0.2) is 0 Å². The number of amides is 2. The molecule has 1 aliphatic carbocycles. The first-order valence-electron chi connectivity index (χ1n) is 8.08. The fraction of sp³-hybridized carbons (Fsp3) is 0.474. The van der Waals surface area contributed by atoms with Crippen LogP contribution in [0.2, 0.25) is 0 Å². The lowest BCUT2D eigenvalue weighted by molar-refractivity contribution is -0.141. The van der Waals surface area contributed by atoms with Crippen molar-refractivity contribution in [1.29, 1.82) is 0 Å². The minimum absolute atomic E-state index is 0.122. The molecule has 2 aliphatic rings. The molecule has 0 bridgehead atoms. The van der Waals surface area contributed by atoms with Crippen LogP contribution in [0.4, 0.5) is 0 Å². The maximum absolute atomic E-state index is 12.2. The summed E-state index contributed by atoms with van der Waals surface area (Å²) < 4.78 is 0. The molecule has 3 rings (SSSR count). The highest BCUT2D eigenvalue weighted by atomic mass is 16.2.